The van der Waals surface area contributed by atoms with E-state index in [-0.39, 0.29) is 17.4 Å². The number of carbonyl (C=O) groups is 2. The molecule has 1 atom stereocenters. The maximum absolute atomic E-state index is 13.5. The number of nitrogens with zero attached hydrogens (tertiary/aromatic N) is 1. The van der Waals surface area contributed by atoms with Crippen LogP contribution in [0.4, 0.5) is 0 Å². The molecule has 0 bridgehead atoms. The van der Waals surface area contributed by atoms with Gasteiger partial charge in [-0.15, -0.1) is 0 Å². The molecule has 2 aliphatic rings. The first kappa shape index (κ1) is 19.8. The second-order valence-electron chi connectivity index (χ2n) is 7.80. The minimum absolute atomic E-state index is 0.0188. The first-order valence-electron chi connectivity index (χ1n) is 10.1. The zero-order valence-corrected chi connectivity index (χ0v) is 17.5. The average molecular weight is 442 g/mol. The Labute approximate surface area is 182 Å². The highest BCUT2D eigenvalue weighted by Gasteiger charge is 2.48. The van der Waals surface area contributed by atoms with Crippen molar-refractivity contribution in [3.63, 3.8) is 0 Å². The fourth-order valence-corrected chi connectivity index (χ4v) is 4.84. The predicted molar refractivity (Wildman–Crippen MR) is 112 cm³/mol. The van der Waals surface area contributed by atoms with Gasteiger partial charge < -0.3 is 23.6 Å². The molecule has 7 nitrogen and oxygen atoms in total. The normalized spacial score (nSPS) is 19.7. The summed E-state index contributed by atoms with van der Waals surface area (Å²) in [6, 6.07) is 7.30. The molecule has 1 aliphatic heterocycles. The number of methoxy groups -OCH3 is 1. The summed E-state index contributed by atoms with van der Waals surface area (Å²) < 4.78 is 16.7. The maximum Gasteiger partial charge on any atom is 0.290 e. The summed E-state index contributed by atoms with van der Waals surface area (Å²) >= 11 is 6.12. The van der Waals surface area contributed by atoms with Crippen molar-refractivity contribution in [3.8, 4) is 5.75 Å². The van der Waals surface area contributed by atoms with Gasteiger partial charge in [-0.25, -0.2) is 0 Å². The van der Waals surface area contributed by atoms with Crippen molar-refractivity contribution in [2.75, 3.05) is 7.11 Å². The number of ether oxygens (including phenoxy) is 1. The van der Waals surface area contributed by atoms with Crippen LogP contribution in [0.25, 0.3) is 11.0 Å². The van der Waals surface area contributed by atoms with Gasteiger partial charge in [0.1, 0.15) is 11.8 Å². The maximum atomic E-state index is 13.5. The molecule has 0 radical (unpaired) electrons. The quantitative estimate of drug-likeness (QED) is 0.546. The highest BCUT2D eigenvalue weighted by molar-refractivity contribution is 6.31. The molecule has 1 aliphatic carbocycles. The minimum Gasteiger partial charge on any atom is -0.503 e. The van der Waals surface area contributed by atoms with Crippen LogP contribution in [0.15, 0.2) is 56.8 Å². The Morgan fingerprint density at radius 1 is 1.26 bits per heavy atom. The van der Waals surface area contributed by atoms with Gasteiger partial charge in [-0.1, -0.05) is 24.4 Å². The number of furan rings is 2. The molecule has 3 heterocycles. The Bertz CT molecular complexity index is 1200. The van der Waals surface area contributed by atoms with Gasteiger partial charge in [0.25, 0.3) is 5.91 Å². The number of hydrogen-bond donors (Lipinski definition) is 1. The fraction of sp³-hybridized carbons (Fsp3) is 0.304. The molecule has 1 unspecified atom stereocenters. The molecule has 0 saturated heterocycles. The summed E-state index contributed by atoms with van der Waals surface area (Å²) in [5, 5.41) is 11.8. The van der Waals surface area contributed by atoms with Crippen molar-refractivity contribution < 1.29 is 28.3 Å². The first-order chi connectivity index (χ1) is 15.0. The van der Waals surface area contributed by atoms with E-state index in [1.807, 2.05) is 0 Å². The van der Waals surface area contributed by atoms with Crippen LogP contribution in [0.2, 0.25) is 5.02 Å². The molecule has 31 heavy (non-hydrogen) atoms. The molecule has 5 rings (SSSR count). The number of fused-ring (bicyclic) bond motifs is 1. The van der Waals surface area contributed by atoms with Crippen LogP contribution in [0.3, 0.4) is 0 Å². The van der Waals surface area contributed by atoms with Gasteiger partial charge in [0.2, 0.25) is 5.78 Å². The fourth-order valence-electron chi connectivity index (χ4n) is 4.62. The van der Waals surface area contributed by atoms with Crippen LogP contribution in [-0.4, -0.2) is 34.8 Å². The van der Waals surface area contributed by atoms with E-state index in [2.05, 4.69) is 0 Å². The third-order valence-corrected chi connectivity index (χ3v) is 6.23. The van der Waals surface area contributed by atoms with E-state index in [4.69, 9.17) is 25.2 Å². The number of halogens is 1. The van der Waals surface area contributed by atoms with Gasteiger partial charge in [0.15, 0.2) is 22.9 Å². The lowest BCUT2D eigenvalue weighted by molar-refractivity contribution is -0.132. The van der Waals surface area contributed by atoms with E-state index in [1.165, 1.54) is 19.4 Å². The Morgan fingerprint density at radius 2 is 2.03 bits per heavy atom. The molecule has 1 aromatic carbocycles. The van der Waals surface area contributed by atoms with E-state index in [0.29, 0.717) is 27.5 Å². The van der Waals surface area contributed by atoms with Crippen LogP contribution < -0.4 is 4.74 Å². The summed E-state index contributed by atoms with van der Waals surface area (Å²) in [4.78, 5) is 28.1. The van der Waals surface area contributed by atoms with Gasteiger partial charge in [-0.05, 0) is 37.1 Å². The Morgan fingerprint density at radius 3 is 2.71 bits per heavy atom. The second-order valence-corrected chi connectivity index (χ2v) is 8.23. The Hall–Kier alpha value is -3.19. The smallest absolute Gasteiger partial charge is 0.290 e. The van der Waals surface area contributed by atoms with E-state index in [0.717, 1.165) is 25.7 Å². The number of benzene rings is 1. The number of Topliss-reactive ketones (excluding diaryl/α,β-unsaturated/α-hetero) is 1. The topological polar surface area (TPSA) is 93.1 Å². The Balaban J connectivity index is 1.61. The highest BCUT2D eigenvalue weighted by atomic mass is 35.5. The van der Waals surface area contributed by atoms with Crippen LogP contribution in [0.5, 0.6) is 5.75 Å². The highest BCUT2D eigenvalue weighted by Crippen LogP contribution is 2.44. The molecule has 1 N–H and O–H groups in total. The van der Waals surface area contributed by atoms with E-state index in [1.54, 1.807) is 29.2 Å². The largest absolute Gasteiger partial charge is 0.503 e. The number of aliphatic hydroxyl groups excluding tert-OH is 1. The summed E-state index contributed by atoms with van der Waals surface area (Å²) in [7, 11) is 1.48. The van der Waals surface area contributed by atoms with Crippen molar-refractivity contribution in [3.05, 3.63) is 64.5 Å². The summed E-state index contributed by atoms with van der Waals surface area (Å²) in [5.41, 5.74) is 0.317. The van der Waals surface area contributed by atoms with Crippen LogP contribution in [0, 0.1) is 0 Å². The molecule has 1 amide bonds. The number of amides is 1. The molecule has 160 valence electrons. The molecule has 0 spiro atoms. The Kier molecular flexibility index (Phi) is 4.78. The number of aliphatic hydroxyl groups is 1. The summed E-state index contributed by atoms with van der Waals surface area (Å²) in [5.74, 6) is -0.921. The lowest BCUT2D eigenvalue weighted by Crippen LogP contribution is -2.38. The monoisotopic (exact) mass is 441 g/mol. The second kappa shape index (κ2) is 7.50. The van der Waals surface area contributed by atoms with Crippen molar-refractivity contribution in [2.24, 2.45) is 0 Å². The standard InChI is InChI=1S/C23H20ClNO6/c1-29-17-11-13(24)9-12-10-16(31-22(12)17)20(26)18-19(15-7-4-8-30-15)25(23(28)21(18)27)14-5-2-3-6-14/h4,7-11,14,19,27H,2-3,5-6H2,1H3. The molecular formula is C23H20ClNO6. The van der Waals surface area contributed by atoms with Gasteiger partial charge in [-0.2, -0.15) is 0 Å². The van der Waals surface area contributed by atoms with Crippen molar-refractivity contribution in [1.82, 2.24) is 4.90 Å². The van der Waals surface area contributed by atoms with Crippen LogP contribution >= 0.6 is 11.6 Å². The van der Waals surface area contributed by atoms with Crippen molar-refractivity contribution in [1.29, 1.82) is 0 Å². The zero-order valence-electron chi connectivity index (χ0n) is 16.8. The summed E-state index contributed by atoms with van der Waals surface area (Å²) in [6.45, 7) is 0. The van der Waals surface area contributed by atoms with E-state index >= 15 is 0 Å². The van der Waals surface area contributed by atoms with Crippen LogP contribution in [0.1, 0.15) is 48.0 Å². The molecule has 1 fully saturated rings. The number of ketones is 1. The van der Waals surface area contributed by atoms with Gasteiger partial charge in [-0.3, -0.25) is 9.59 Å². The molecular weight excluding hydrogens is 422 g/mol. The van der Waals surface area contributed by atoms with E-state index < -0.39 is 23.5 Å². The molecule has 3 aromatic rings. The summed E-state index contributed by atoms with van der Waals surface area (Å²) in [6.07, 6.45) is 5.11. The minimum atomic E-state index is -0.809. The van der Waals surface area contributed by atoms with E-state index in [9.17, 15) is 14.7 Å². The van der Waals surface area contributed by atoms with Gasteiger partial charge in [0.05, 0.1) is 18.9 Å². The number of hydrogen-bond acceptors (Lipinski definition) is 6. The van der Waals surface area contributed by atoms with Crippen molar-refractivity contribution >= 4 is 34.3 Å². The lowest BCUT2D eigenvalue weighted by Gasteiger charge is -2.30. The number of rotatable bonds is 5. The van der Waals surface area contributed by atoms with Crippen LogP contribution in [-0.2, 0) is 4.79 Å². The zero-order chi connectivity index (χ0) is 21.7. The number of carbonyl (C=O) groups excluding carboxylic acids is 2. The predicted octanol–water partition coefficient (Wildman–Crippen LogP) is 5.21. The SMILES string of the molecule is COc1cc(Cl)cc2cc(C(=O)C3=C(O)C(=O)N(C4CCCC4)C3c3ccco3)oc12. The first-order valence-corrected chi connectivity index (χ1v) is 10.5. The lowest BCUT2D eigenvalue weighted by atomic mass is 9.98. The third-order valence-electron chi connectivity index (χ3n) is 6.01. The molecule has 2 aromatic heterocycles. The molecule has 8 heteroatoms. The molecule has 1 saturated carbocycles. The third kappa shape index (κ3) is 3.11. The van der Waals surface area contributed by atoms with Gasteiger partial charge >= 0.3 is 0 Å². The average Bonchev–Trinajstić information content (AvgIpc) is 3.54. The van der Waals surface area contributed by atoms with Gasteiger partial charge in [0, 0.05) is 22.5 Å². The van der Waals surface area contributed by atoms with Crippen molar-refractivity contribution in [2.45, 2.75) is 37.8 Å².